The highest BCUT2D eigenvalue weighted by Gasteiger charge is 1.99. The summed E-state index contributed by atoms with van der Waals surface area (Å²) in [5.74, 6) is 1.42. The largest absolute Gasteiger partial charge is 0.490 e. The highest BCUT2D eigenvalue weighted by Crippen LogP contribution is 2.15. The Bertz CT molecular complexity index is 619. The minimum Gasteiger partial charge on any atom is -0.490 e. The van der Waals surface area contributed by atoms with Gasteiger partial charge in [-0.15, -0.1) is 0 Å². The molecule has 0 spiro atoms. The number of nitriles is 1. The lowest BCUT2D eigenvalue weighted by atomic mass is 10.1. The van der Waals surface area contributed by atoms with Crippen LogP contribution < -0.4 is 9.47 Å². The Balaban J connectivity index is 1.79. The number of hydrogen-bond donors (Lipinski definition) is 1. The van der Waals surface area contributed by atoms with E-state index < -0.39 is 0 Å². The van der Waals surface area contributed by atoms with E-state index in [1.54, 1.807) is 18.2 Å². The van der Waals surface area contributed by atoms with Gasteiger partial charge in [-0.1, -0.05) is 18.2 Å². The molecule has 0 aliphatic heterocycles. The van der Waals surface area contributed by atoms with Crippen LogP contribution in [-0.4, -0.2) is 24.9 Å². The van der Waals surface area contributed by atoms with Crippen molar-refractivity contribution in [2.75, 3.05) is 19.8 Å². The number of ether oxygens (including phenoxy) is 2. The first kappa shape index (κ1) is 14.9. The molecule has 0 unspecified atom stereocenters. The molecular weight excluding hydrogens is 266 g/mol. The van der Waals surface area contributed by atoms with Gasteiger partial charge in [-0.3, -0.25) is 0 Å². The Labute approximate surface area is 124 Å². The van der Waals surface area contributed by atoms with Crippen LogP contribution in [0.1, 0.15) is 11.1 Å². The lowest BCUT2D eigenvalue weighted by molar-refractivity contribution is 0.217. The van der Waals surface area contributed by atoms with Crippen LogP contribution >= 0.6 is 0 Å². The van der Waals surface area contributed by atoms with E-state index in [1.165, 1.54) is 0 Å². The molecule has 0 aromatic heterocycles. The predicted octanol–water partition coefficient (Wildman–Crippen LogP) is 2.55. The van der Waals surface area contributed by atoms with Crippen molar-refractivity contribution in [2.24, 2.45) is 0 Å². The maximum atomic E-state index is 8.91. The van der Waals surface area contributed by atoms with Crippen LogP contribution in [0.3, 0.4) is 0 Å². The Morgan fingerprint density at radius 3 is 2.29 bits per heavy atom. The normalized spacial score (nSPS) is 9.90. The second-order valence-corrected chi connectivity index (χ2v) is 4.46. The molecule has 0 saturated carbocycles. The number of benzene rings is 2. The van der Waals surface area contributed by atoms with Gasteiger partial charge in [0.15, 0.2) is 0 Å². The quantitative estimate of drug-likeness (QED) is 0.793. The smallest absolute Gasteiger partial charge is 0.122 e. The van der Waals surface area contributed by atoms with E-state index >= 15 is 0 Å². The van der Waals surface area contributed by atoms with Gasteiger partial charge in [0.25, 0.3) is 0 Å². The summed E-state index contributed by atoms with van der Waals surface area (Å²) in [7, 11) is 0. The van der Waals surface area contributed by atoms with Gasteiger partial charge in [-0.25, -0.2) is 0 Å². The summed E-state index contributed by atoms with van der Waals surface area (Å²) in [5.41, 5.74) is 1.61. The third-order valence-electron chi connectivity index (χ3n) is 2.88. The Hall–Kier alpha value is -2.51. The fourth-order valence-corrected chi connectivity index (χ4v) is 1.89. The van der Waals surface area contributed by atoms with Crippen molar-refractivity contribution < 1.29 is 14.6 Å². The van der Waals surface area contributed by atoms with Gasteiger partial charge in [0, 0.05) is 6.61 Å². The van der Waals surface area contributed by atoms with Crippen LogP contribution in [0.4, 0.5) is 0 Å². The number of nitrogens with zero attached hydrogens (tertiary/aromatic N) is 1. The van der Waals surface area contributed by atoms with Crippen LogP contribution in [0.2, 0.25) is 0 Å². The molecule has 21 heavy (non-hydrogen) atoms. The maximum absolute atomic E-state index is 8.91. The number of aliphatic hydroxyl groups excluding tert-OH is 1. The SMILES string of the molecule is N#Cc1cccc(OCCOc2cccc(CCO)c2)c1. The lowest BCUT2D eigenvalue weighted by Crippen LogP contribution is -2.09. The van der Waals surface area contributed by atoms with Gasteiger partial charge in [0.1, 0.15) is 24.7 Å². The first-order valence-electron chi connectivity index (χ1n) is 6.77. The molecule has 2 aromatic rings. The first-order valence-corrected chi connectivity index (χ1v) is 6.77. The molecule has 1 N–H and O–H groups in total. The third-order valence-corrected chi connectivity index (χ3v) is 2.88. The standard InChI is InChI=1S/C17H17NO3/c18-13-15-4-2-6-17(12-15)21-10-9-20-16-5-1-3-14(11-16)7-8-19/h1-6,11-12,19H,7-10H2. The zero-order valence-corrected chi connectivity index (χ0v) is 11.7. The third kappa shape index (κ3) is 4.83. The fourth-order valence-electron chi connectivity index (χ4n) is 1.89. The molecule has 4 nitrogen and oxygen atoms in total. The van der Waals surface area contributed by atoms with Crippen LogP contribution in [0, 0.1) is 11.3 Å². The fraction of sp³-hybridized carbons (Fsp3) is 0.235. The molecule has 0 atom stereocenters. The van der Waals surface area contributed by atoms with Gasteiger partial charge >= 0.3 is 0 Å². The predicted molar refractivity (Wildman–Crippen MR) is 79.4 cm³/mol. The second-order valence-electron chi connectivity index (χ2n) is 4.46. The Kier molecular flexibility index (Phi) is 5.62. The second kappa shape index (κ2) is 7.93. The zero-order valence-electron chi connectivity index (χ0n) is 11.7. The number of rotatable bonds is 7. The molecule has 108 valence electrons. The van der Waals surface area contributed by atoms with E-state index in [0.29, 0.717) is 30.9 Å². The van der Waals surface area contributed by atoms with E-state index in [2.05, 4.69) is 6.07 Å². The van der Waals surface area contributed by atoms with Crippen LogP contribution in [-0.2, 0) is 6.42 Å². The van der Waals surface area contributed by atoms with E-state index in [0.717, 1.165) is 11.3 Å². The average molecular weight is 283 g/mol. The van der Waals surface area contributed by atoms with Crippen molar-refractivity contribution in [1.29, 1.82) is 5.26 Å². The van der Waals surface area contributed by atoms with Crippen molar-refractivity contribution >= 4 is 0 Å². The van der Waals surface area contributed by atoms with E-state index in [4.69, 9.17) is 19.8 Å². The Morgan fingerprint density at radius 1 is 0.952 bits per heavy atom. The number of aliphatic hydroxyl groups is 1. The molecule has 0 aliphatic carbocycles. The molecule has 0 radical (unpaired) electrons. The number of hydrogen-bond acceptors (Lipinski definition) is 4. The van der Waals surface area contributed by atoms with Crippen molar-refractivity contribution in [2.45, 2.75) is 6.42 Å². The van der Waals surface area contributed by atoms with E-state index in [9.17, 15) is 0 Å². The summed E-state index contributed by atoms with van der Waals surface area (Å²) in [4.78, 5) is 0. The Morgan fingerprint density at radius 2 is 1.62 bits per heavy atom. The maximum Gasteiger partial charge on any atom is 0.122 e. The summed E-state index contributed by atoms with van der Waals surface area (Å²) in [6.07, 6.45) is 0.620. The van der Waals surface area contributed by atoms with Crippen molar-refractivity contribution in [3.63, 3.8) is 0 Å². The minimum atomic E-state index is 0.127. The highest BCUT2D eigenvalue weighted by molar-refractivity contribution is 5.36. The van der Waals surface area contributed by atoms with Crippen LogP contribution in [0.25, 0.3) is 0 Å². The molecule has 0 heterocycles. The topological polar surface area (TPSA) is 62.5 Å². The molecule has 4 heteroatoms. The molecule has 0 amide bonds. The summed E-state index contributed by atoms with van der Waals surface area (Å²) < 4.78 is 11.1. The zero-order chi connectivity index (χ0) is 14.9. The van der Waals surface area contributed by atoms with Gasteiger partial charge in [-0.2, -0.15) is 5.26 Å². The molecule has 0 bridgehead atoms. The molecule has 0 fully saturated rings. The molecule has 2 rings (SSSR count). The minimum absolute atomic E-state index is 0.127. The summed E-state index contributed by atoms with van der Waals surface area (Å²) in [5, 5.41) is 17.7. The van der Waals surface area contributed by atoms with Gasteiger partial charge in [0.2, 0.25) is 0 Å². The van der Waals surface area contributed by atoms with Gasteiger partial charge in [-0.05, 0) is 42.3 Å². The molecular formula is C17H17NO3. The van der Waals surface area contributed by atoms with E-state index in [1.807, 2.05) is 30.3 Å². The average Bonchev–Trinajstić information content (AvgIpc) is 2.52. The van der Waals surface area contributed by atoms with Crippen LogP contribution in [0.15, 0.2) is 48.5 Å². The van der Waals surface area contributed by atoms with Crippen molar-refractivity contribution in [3.05, 3.63) is 59.7 Å². The monoisotopic (exact) mass is 283 g/mol. The molecule has 2 aromatic carbocycles. The molecule has 0 aliphatic rings. The summed E-state index contributed by atoms with van der Waals surface area (Å²) >= 11 is 0. The van der Waals surface area contributed by atoms with Crippen molar-refractivity contribution in [1.82, 2.24) is 0 Å². The lowest BCUT2D eigenvalue weighted by Gasteiger charge is -2.09. The summed E-state index contributed by atoms with van der Waals surface area (Å²) in [6.45, 7) is 0.945. The molecule has 0 saturated heterocycles. The first-order chi connectivity index (χ1) is 10.3. The van der Waals surface area contributed by atoms with E-state index in [-0.39, 0.29) is 6.61 Å². The highest BCUT2D eigenvalue weighted by atomic mass is 16.5. The van der Waals surface area contributed by atoms with Gasteiger partial charge < -0.3 is 14.6 Å². The van der Waals surface area contributed by atoms with Crippen molar-refractivity contribution in [3.8, 4) is 17.6 Å². The summed E-state index contributed by atoms with van der Waals surface area (Å²) in [6, 6.07) is 16.7. The van der Waals surface area contributed by atoms with Crippen LogP contribution in [0.5, 0.6) is 11.5 Å². The van der Waals surface area contributed by atoms with Gasteiger partial charge in [0.05, 0.1) is 11.6 Å².